The molecular formula is C22H28N6O2. The Kier molecular flexibility index (Phi) is 6.25. The Morgan fingerprint density at radius 1 is 1.23 bits per heavy atom. The van der Waals surface area contributed by atoms with E-state index in [1.54, 1.807) is 12.5 Å². The molecule has 0 radical (unpaired) electrons. The Morgan fingerprint density at radius 3 is 2.87 bits per heavy atom. The summed E-state index contributed by atoms with van der Waals surface area (Å²) in [6, 6.07) is 11.9. The zero-order valence-corrected chi connectivity index (χ0v) is 17.2. The van der Waals surface area contributed by atoms with Gasteiger partial charge in [0.25, 0.3) is 0 Å². The predicted octanol–water partition coefficient (Wildman–Crippen LogP) is 1.79. The monoisotopic (exact) mass is 408 g/mol. The highest BCUT2D eigenvalue weighted by Crippen LogP contribution is 2.25. The Bertz CT molecular complexity index is 931. The van der Waals surface area contributed by atoms with Gasteiger partial charge in [-0.05, 0) is 37.1 Å². The summed E-state index contributed by atoms with van der Waals surface area (Å²) < 4.78 is 7.61. The highest BCUT2D eigenvalue weighted by molar-refractivity contribution is 5.41. The fourth-order valence-electron chi connectivity index (χ4n) is 3.64. The molecule has 1 fully saturated rings. The van der Waals surface area contributed by atoms with E-state index in [4.69, 9.17) is 4.74 Å². The van der Waals surface area contributed by atoms with Crippen molar-refractivity contribution in [2.24, 2.45) is 0 Å². The number of aryl methyl sites for hydroxylation is 1. The number of anilines is 1. The number of rotatable bonds is 9. The van der Waals surface area contributed by atoms with Crippen molar-refractivity contribution < 1.29 is 9.84 Å². The molecule has 4 rings (SSSR count). The van der Waals surface area contributed by atoms with Crippen molar-refractivity contribution in [3.63, 3.8) is 0 Å². The van der Waals surface area contributed by atoms with Crippen molar-refractivity contribution in [2.45, 2.75) is 32.0 Å². The third-order valence-corrected chi connectivity index (χ3v) is 5.30. The molecule has 1 aliphatic rings. The molecule has 0 bridgehead atoms. The molecular weight excluding hydrogens is 380 g/mol. The number of β-amino-alcohol motifs (C(OH)–C–C–N with tert-alkyl or cyclic N) is 1. The van der Waals surface area contributed by atoms with E-state index in [0.717, 1.165) is 35.9 Å². The first kappa shape index (κ1) is 20.3. The lowest BCUT2D eigenvalue weighted by atomic mass is 10.0. The Balaban J connectivity index is 1.20. The maximum absolute atomic E-state index is 10.9. The van der Waals surface area contributed by atoms with Crippen molar-refractivity contribution in [3.8, 4) is 5.75 Å². The minimum Gasteiger partial charge on any atom is -0.492 e. The van der Waals surface area contributed by atoms with Crippen molar-refractivity contribution in [1.29, 1.82) is 0 Å². The zero-order valence-electron chi connectivity index (χ0n) is 17.2. The van der Waals surface area contributed by atoms with E-state index in [1.165, 1.54) is 0 Å². The molecule has 2 aromatic heterocycles. The van der Waals surface area contributed by atoms with E-state index in [1.807, 2.05) is 54.2 Å². The quantitative estimate of drug-likeness (QED) is 0.558. The van der Waals surface area contributed by atoms with Gasteiger partial charge in [0.2, 0.25) is 0 Å². The van der Waals surface area contributed by atoms with Gasteiger partial charge in [-0.1, -0.05) is 12.1 Å². The van der Waals surface area contributed by atoms with Crippen LogP contribution in [-0.4, -0.2) is 56.7 Å². The summed E-state index contributed by atoms with van der Waals surface area (Å²) in [4.78, 5) is 10.6. The van der Waals surface area contributed by atoms with E-state index in [2.05, 4.69) is 25.3 Å². The minimum absolute atomic E-state index is 0.537. The number of ether oxygens (including phenoxy) is 1. The summed E-state index contributed by atoms with van der Waals surface area (Å²) in [5, 5.41) is 18.5. The minimum atomic E-state index is -0.756. The number of nitrogens with zero attached hydrogens (tertiary/aromatic N) is 5. The second-order valence-corrected chi connectivity index (χ2v) is 7.78. The van der Waals surface area contributed by atoms with Crippen molar-refractivity contribution in [1.82, 2.24) is 25.1 Å². The first-order valence-corrected chi connectivity index (χ1v) is 10.3. The van der Waals surface area contributed by atoms with Crippen LogP contribution in [0.4, 0.5) is 5.82 Å². The maximum atomic E-state index is 10.9. The third kappa shape index (κ3) is 5.34. The van der Waals surface area contributed by atoms with Gasteiger partial charge in [0.05, 0.1) is 12.1 Å². The largest absolute Gasteiger partial charge is 0.492 e. The van der Waals surface area contributed by atoms with Crippen LogP contribution in [0.2, 0.25) is 0 Å². The van der Waals surface area contributed by atoms with Gasteiger partial charge < -0.3 is 20.1 Å². The molecule has 3 heterocycles. The number of aromatic nitrogens is 4. The molecule has 0 spiro atoms. The zero-order chi connectivity index (χ0) is 20.8. The number of hydrogen-bond donors (Lipinski definition) is 2. The Hall–Kier alpha value is -2.97. The first-order valence-electron chi connectivity index (χ1n) is 10.3. The summed E-state index contributed by atoms with van der Waals surface area (Å²) in [5.41, 5.74) is 1.33. The highest BCUT2D eigenvalue weighted by Gasteiger charge is 2.36. The van der Waals surface area contributed by atoms with Gasteiger partial charge in [0.1, 0.15) is 24.5 Å². The number of nitrogens with one attached hydrogen (secondary N) is 1. The number of benzene rings is 1. The molecule has 0 aliphatic carbocycles. The molecule has 8 nitrogen and oxygen atoms in total. The lowest BCUT2D eigenvalue weighted by molar-refractivity contribution is 0.0626. The van der Waals surface area contributed by atoms with Gasteiger partial charge in [-0.2, -0.15) is 5.10 Å². The summed E-state index contributed by atoms with van der Waals surface area (Å²) in [7, 11) is 0. The van der Waals surface area contributed by atoms with E-state index < -0.39 is 5.60 Å². The molecule has 1 saturated heterocycles. The van der Waals surface area contributed by atoms with Crippen molar-refractivity contribution in [2.75, 3.05) is 31.1 Å². The van der Waals surface area contributed by atoms with Gasteiger partial charge in [-0.3, -0.25) is 4.68 Å². The SMILES string of the molecule is Cc1cc(N2CCC(O)(CNCc3ccc(OCCn4cccn4)cc3)C2)ncn1. The average molecular weight is 409 g/mol. The standard InChI is InChI=1S/C22H28N6O2/c1-18-13-21(25-17-24-18)27-10-7-22(29,16-27)15-23-14-19-3-5-20(6-4-19)30-12-11-28-9-2-8-26-28/h2-6,8-9,13,17,23,29H,7,10-12,14-16H2,1H3. The van der Waals surface area contributed by atoms with Crippen LogP contribution in [0, 0.1) is 6.92 Å². The number of aliphatic hydroxyl groups is 1. The van der Waals surface area contributed by atoms with E-state index in [9.17, 15) is 5.11 Å². The smallest absolute Gasteiger partial charge is 0.132 e. The maximum Gasteiger partial charge on any atom is 0.132 e. The molecule has 0 amide bonds. The second-order valence-electron chi connectivity index (χ2n) is 7.78. The van der Waals surface area contributed by atoms with E-state index in [0.29, 0.717) is 32.7 Å². The molecule has 0 saturated carbocycles. The fourth-order valence-corrected chi connectivity index (χ4v) is 3.64. The van der Waals surface area contributed by atoms with Gasteiger partial charge in [0, 0.05) is 50.3 Å². The fraction of sp³-hybridized carbons (Fsp3) is 0.409. The summed E-state index contributed by atoms with van der Waals surface area (Å²) in [6.07, 6.45) is 5.97. The molecule has 1 aromatic carbocycles. The Labute approximate surface area is 176 Å². The van der Waals surface area contributed by atoms with E-state index >= 15 is 0 Å². The summed E-state index contributed by atoms with van der Waals surface area (Å²) >= 11 is 0. The second kappa shape index (κ2) is 9.23. The predicted molar refractivity (Wildman–Crippen MR) is 114 cm³/mol. The molecule has 30 heavy (non-hydrogen) atoms. The van der Waals surface area contributed by atoms with Crippen LogP contribution in [-0.2, 0) is 13.1 Å². The molecule has 8 heteroatoms. The third-order valence-electron chi connectivity index (χ3n) is 5.30. The lowest BCUT2D eigenvalue weighted by Crippen LogP contribution is -2.43. The molecule has 1 aliphatic heterocycles. The topological polar surface area (TPSA) is 88.3 Å². The van der Waals surface area contributed by atoms with Crippen LogP contribution in [0.25, 0.3) is 0 Å². The van der Waals surface area contributed by atoms with Crippen molar-refractivity contribution >= 4 is 5.82 Å². The lowest BCUT2D eigenvalue weighted by Gasteiger charge is -2.24. The van der Waals surface area contributed by atoms with Crippen LogP contribution in [0.1, 0.15) is 17.7 Å². The highest BCUT2D eigenvalue weighted by atomic mass is 16.5. The normalized spacial score (nSPS) is 18.7. The van der Waals surface area contributed by atoms with Crippen LogP contribution in [0.5, 0.6) is 5.75 Å². The Morgan fingerprint density at radius 2 is 2.10 bits per heavy atom. The first-order chi connectivity index (χ1) is 14.6. The van der Waals surface area contributed by atoms with Crippen LogP contribution >= 0.6 is 0 Å². The van der Waals surface area contributed by atoms with Crippen molar-refractivity contribution in [3.05, 3.63) is 66.4 Å². The summed E-state index contributed by atoms with van der Waals surface area (Å²) in [5.74, 6) is 1.72. The molecule has 158 valence electrons. The van der Waals surface area contributed by atoms with Gasteiger partial charge in [-0.15, -0.1) is 0 Å². The van der Waals surface area contributed by atoms with Crippen LogP contribution in [0.3, 0.4) is 0 Å². The van der Waals surface area contributed by atoms with Gasteiger partial charge in [-0.25, -0.2) is 9.97 Å². The van der Waals surface area contributed by atoms with Gasteiger partial charge in [0.15, 0.2) is 0 Å². The number of hydrogen-bond acceptors (Lipinski definition) is 7. The summed E-state index contributed by atoms with van der Waals surface area (Å²) in [6.45, 7) is 5.84. The molecule has 3 aromatic rings. The van der Waals surface area contributed by atoms with Gasteiger partial charge >= 0.3 is 0 Å². The van der Waals surface area contributed by atoms with Crippen LogP contribution in [0.15, 0.2) is 55.1 Å². The van der Waals surface area contributed by atoms with Crippen LogP contribution < -0.4 is 15.0 Å². The molecule has 1 atom stereocenters. The van der Waals surface area contributed by atoms with E-state index in [-0.39, 0.29) is 0 Å². The average Bonchev–Trinajstić information content (AvgIpc) is 3.39. The molecule has 1 unspecified atom stereocenters. The molecule has 2 N–H and O–H groups in total.